The van der Waals surface area contributed by atoms with Gasteiger partial charge >= 0.3 is 0 Å². The summed E-state index contributed by atoms with van der Waals surface area (Å²) in [5.74, 6) is 0. The number of nitrogens with one attached hydrogen (secondary N) is 1. The number of benzene rings is 1. The zero-order valence-electron chi connectivity index (χ0n) is 9.38. The minimum atomic E-state index is -3.49. The van der Waals surface area contributed by atoms with E-state index in [1.54, 1.807) is 12.3 Å². The van der Waals surface area contributed by atoms with Gasteiger partial charge < -0.3 is 0 Å². The summed E-state index contributed by atoms with van der Waals surface area (Å²) in [7, 11) is -3.49. The number of pyridine rings is 1. The van der Waals surface area contributed by atoms with Crippen molar-refractivity contribution in [3.05, 3.63) is 57.9 Å². The molecule has 0 spiro atoms. The van der Waals surface area contributed by atoms with Crippen LogP contribution in [0, 0.1) is 3.57 Å². The Morgan fingerprint density at radius 3 is 2.72 bits per heavy atom. The summed E-state index contributed by atoms with van der Waals surface area (Å²) in [5, 5.41) is 0. The summed E-state index contributed by atoms with van der Waals surface area (Å²) in [6.45, 7) is 0.272. The third-order valence-corrected chi connectivity index (χ3v) is 4.36. The van der Waals surface area contributed by atoms with Crippen LogP contribution in [-0.4, -0.2) is 13.4 Å². The van der Waals surface area contributed by atoms with Gasteiger partial charge in [0, 0.05) is 22.5 Å². The van der Waals surface area contributed by atoms with E-state index in [0.29, 0.717) is 0 Å². The average Bonchev–Trinajstić information content (AvgIpc) is 2.38. The average molecular weight is 374 g/mol. The molecule has 4 nitrogen and oxygen atoms in total. The lowest BCUT2D eigenvalue weighted by molar-refractivity contribution is 0.581. The van der Waals surface area contributed by atoms with Gasteiger partial charge in [-0.1, -0.05) is 12.1 Å². The van der Waals surface area contributed by atoms with Gasteiger partial charge in [0.1, 0.15) is 4.90 Å². The maximum absolute atomic E-state index is 11.9. The van der Waals surface area contributed by atoms with Gasteiger partial charge in [-0.3, -0.25) is 4.98 Å². The van der Waals surface area contributed by atoms with E-state index in [-0.39, 0.29) is 11.4 Å². The van der Waals surface area contributed by atoms with Crippen LogP contribution in [0.1, 0.15) is 5.56 Å². The number of nitrogens with zero attached hydrogens (tertiary/aromatic N) is 1. The Labute approximate surface area is 120 Å². The van der Waals surface area contributed by atoms with E-state index in [9.17, 15) is 8.42 Å². The first-order valence-electron chi connectivity index (χ1n) is 5.22. The lowest BCUT2D eigenvalue weighted by Gasteiger charge is -2.06. The lowest BCUT2D eigenvalue weighted by Crippen LogP contribution is -2.23. The van der Waals surface area contributed by atoms with Gasteiger partial charge in [-0.25, -0.2) is 13.1 Å². The van der Waals surface area contributed by atoms with Crippen molar-refractivity contribution < 1.29 is 8.42 Å². The van der Waals surface area contributed by atoms with Gasteiger partial charge in [-0.05, 0) is 52.4 Å². The number of hydrogen-bond donors (Lipinski definition) is 1. The van der Waals surface area contributed by atoms with E-state index in [1.807, 2.05) is 24.3 Å². The zero-order valence-corrected chi connectivity index (χ0v) is 12.3. The van der Waals surface area contributed by atoms with Crippen molar-refractivity contribution in [1.29, 1.82) is 0 Å². The molecule has 18 heavy (non-hydrogen) atoms. The van der Waals surface area contributed by atoms with Crippen molar-refractivity contribution in [2.75, 3.05) is 0 Å². The number of halogens is 1. The molecule has 0 radical (unpaired) electrons. The van der Waals surface area contributed by atoms with Crippen LogP contribution in [0.3, 0.4) is 0 Å². The van der Waals surface area contributed by atoms with E-state index in [1.165, 1.54) is 12.3 Å². The first-order valence-corrected chi connectivity index (χ1v) is 7.78. The highest BCUT2D eigenvalue weighted by atomic mass is 127. The SMILES string of the molecule is O=S(=O)(NCc1cccc(I)c1)c1cccnc1. The molecule has 1 aromatic heterocycles. The predicted octanol–water partition coefficient (Wildman–Crippen LogP) is 2.16. The Kier molecular flexibility index (Phi) is 4.31. The van der Waals surface area contributed by atoms with E-state index in [4.69, 9.17) is 0 Å². The molecule has 0 saturated carbocycles. The molecule has 0 amide bonds. The fourth-order valence-electron chi connectivity index (χ4n) is 1.41. The molecule has 0 atom stereocenters. The highest BCUT2D eigenvalue weighted by Gasteiger charge is 2.13. The largest absolute Gasteiger partial charge is 0.263 e. The lowest BCUT2D eigenvalue weighted by atomic mass is 10.2. The summed E-state index contributed by atoms with van der Waals surface area (Å²) in [4.78, 5) is 3.98. The number of hydrogen-bond acceptors (Lipinski definition) is 3. The quantitative estimate of drug-likeness (QED) is 0.835. The Bertz CT molecular complexity index is 630. The summed E-state index contributed by atoms with van der Waals surface area (Å²) < 4.78 is 27.5. The van der Waals surface area contributed by atoms with E-state index in [0.717, 1.165) is 9.13 Å². The molecule has 2 aromatic rings. The molecule has 94 valence electrons. The molecule has 0 unspecified atom stereocenters. The fourth-order valence-corrected chi connectivity index (χ4v) is 3.00. The van der Waals surface area contributed by atoms with Crippen molar-refractivity contribution in [2.45, 2.75) is 11.4 Å². The second kappa shape index (κ2) is 5.77. The highest BCUT2D eigenvalue weighted by Crippen LogP contribution is 2.10. The van der Waals surface area contributed by atoms with Gasteiger partial charge in [0.2, 0.25) is 10.0 Å². The maximum atomic E-state index is 11.9. The van der Waals surface area contributed by atoms with Gasteiger partial charge in [-0.2, -0.15) is 0 Å². The van der Waals surface area contributed by atoms with Crippen molar-refractivity contribution in [2.24, 2.45) is 0 Å². The van der Waals surface area contributed by atoms with E-state index in [2.05, 4.69) is 32.3 Å². The molecular formula is C12H11IN2O2S. The van der Waals surface area contributed by atoms with Gasteiger partial charge in [-0.15, -0.1) is 0 Å². The molecule has 0 fully saturated rings. The maximum Gasteiger partial charge on any atom is 0.242 e. The summed E-state index contributed by atoms with van der Waals surface area (Å²) >= 11 is 2.19. The van der Waals surface area contributed by atoms with Gasteiger partial charge in [0.15, 0.2) is 0 Å². The number of aromatic nitrogens is 1. The first-order chi connectivity index (χ1) is 8.58. The molecule has 1 aromatic carbocycles. The zero-order chi connectivity index (χ0) is 13.0. The van der Waals surface area contributed by atoms with Crippen LogP contribution in [0.25, 0.3) is 0 Å². The molecule has 2 rings (SSSR count). The normalized spacial score (nSPS) is 11.4. The molecule has 1 heterocycles. The monoisotopic (exact) mass is 374 g/mol. The van der Waals surface area contributed by atoms with Crippen LogP contribution < -0.4 is 4.72 Å². The molecule has 0 aliphatic rings. The second-order valence-electron chi connectivity index (χ2n) is 3.64. The summed E-state index contributed by atoms with van der Waals surface area (Å²) in [6, 6.07) is 10.8. The van der Waals surface area contributed by atoms with Crippen molar-refractivity contribution in [3.8, 4) is 0 Å². The Balaban J connectivity index is 2.11. The van der Waals surface area contributed by atoms with Crippen LogP contribution in [0.4, 0.5) is 0 Å². The Morgan fingerprint density at radius 2 is 2.06 bits per heavy atom. The highest BCUT2D eigenvalue weighted by molar-refractivity contribution is 14.1. The predicted molar refractivity (Wildman–Crippen MR) is 77.4 cm³/mol. The van der Waals surface area contributed by atoms with Crippen LogP contribution >= 0.6 is 22.6 Å². The van der Waals surface area contributed by atoms with Crippen molar-refractivity contribution >= 4 is 32.6 Å². The van der Waals surface area contributed by atoms with Crippen LogP contribution in [0.5, 0.6) is 0 Å². The number of rotatable bonds is 4. The smallest absolute Gasteiger partial charge is 0.242 e. The molecule has 0 aliphatic heterocycles. The van der Waals surface area contributed by atoms with Crippen molar-refractivity contribution in [3.63, 3.8) is 0 Å². The molecule has 0 aliphatic carbocycles. The number of sulfonamides is 1. The topological polar surface area (TPSA) is 59.1 Å². The standard InChI is InChI=1S/C12H11IN2O2S/c13-11-4-1-3-10(7-11)8-15-18(16,17)12-5-2-6-14-9-12/h1-7,9,15H,8H2. The second-order valence-corrected chi connectivity index (χ2v) is 6.66. The molecule has 1 N–H and O–H groups in total. The molecule has 0 saturated heterocycles. The molecular weight excluding hydrogens is 363 g/mol. The fraction of sp³-hybridized carbons (Fsp3) is 0.0833. The third kappa shape index (κ3) is 3.50. The third-order valence-electron chi connectivity index (χ3n) is 2.30. The van der Waals surface area contributed by atoms with E-state index < -0.39 is 10.0 Å². The summed E-state index contributed by atoms with van der Waals surface area (Å²) in [6.07, 6.45) is 2.87. The van der Waals surface area contributed by atoms with Crippen LogP contribution in [-0.2, 0) is 16.6 Å². The first kappa shape index (κ1) is 13.4. The van der Waals surface area contributed by atoms with Gasteiger partial charge in [0.05, 0.1) is 0 Å². The minimum Gasteiger partial charge on any atom is -0.263 e. The molecule has 0 bridgehead atoms. The van der Waals surface area contributed by atoms with Crippen LogP contribution in [0.2, 0.25) is 0 Å². The Hall–Kier alpha value is -0.990. The minimum absolute atomic E-state index is 0.177. The molecule has 6 heteroatoms. The summed E-state index contributed by atoms with van der Waals surface area (Å²) in [5.41, 5.74) is 0.925. The van der Waals surface area contributed by atoms with Gasteiger partial charge in [0.25, 0.3) is 0 Å². The van der Waals surface area contributed by atoms with Crippen molar-refractivity contribution in [1.82, 2.24) is 9.71 Å². The van der Waals surface area contributed by atoms with Crippen LogP contribution in [0.15, 0.2) is 53.7 Å². The van der Waals surface area contributed by atoms with E-state index >= 15 is 0 Å². The Morgan fingerprint density at radius 1 is 1.22 bits per heavy atom.